The van der Waals surface area contributed by atoms with Crippen LogP contribution in [0.1, 0.15) is 17.0 Å². The molecule has 102 valence electrons. The summed E-state index contributed by atoms with van der Waals surface area (Å²) in [6, 6.07) is 2.04. The number of nitrogens with one attached hydrogen (secondary N) is 3. The number of aromatic nitrogens is 5. The number of rotatable bonds is 1. The number of hydrogen-bond donors (Lipinski definition) is 3. The maximum Gasteiger partial charge on any atom is 0.271 e. The van der Waals surface area contributed by atoms with Crippen LogP contribution in [0.25, 0.3) is 12.7 Å². The SMILES string of the molecule is C=c1nns/c1=c1/[nH][nH]c(=O)/c1=C\c1[nH]c(C)cc1C. The summed E-state index contributed by atoms with van der Waals surface area (Å²) in [4.78, 5) is 15.2. The van der Waals surface area contributed by atoms with Crippen LogP contribution in [0.5, 0.6) is 0 Å². The van der Waals surface area contributed by atoms with Crippen molar-refractivity contribution in [2.75, 3.05) is 0 Å². The van der Waals surface area contributed by atoms with E-state index in [9.17, 15) is 4.79 Å². The van der Waals surface area contributed by atoms with Gasteiger partial charge in [0.15, 0.2) is 0 Å². The summed E-state index contributed by atoms with van der Waals surface area (Å²) in [5, 5.41) is 11.1. The van der Waals surface area contributed by atoms with Crippen molar-refractivity contribution in [3.8, 4) is 0 Å². The van der Waals surface area contributed by atoms with Crippen LogP contribution in [-0.4, -0.2) is 24.8 Å². The first-order valence-corrected chi connectivity index (χ1v) is 6.80. The highest BCUT2D eigenvalue weighted by Gasteiger charge is 2.02. The van der Waals surface area contributed by atoms with E-state index in [1.165, 1.54) is 11.5 Å². The third-order valence-electron chi connectivity index (χ3n) is 3.08. The van der Waals surface area contributed by atoms with Gasteiger partial charge in [0.05, 0.1) is 10.6 Å². The molecule has 0 aromatic carbocycles. The van der Waals surface area contributed by atoms with Gasteiger partial charge in [0, 0.05) is 11.4 Å². The van der Waals surface area contributed by atoms with Crippen LogP contribution >= 0.6 is 11.5 Å². The Morgan fingerprint density at radius 1 is 1.35 bits per heavy atom. The highest BCUT2D eigenvalue weighted by atomic mass is 32.1. The zero-order chi connectivity index (χ0) is 14.3. The molecule has 3 aromatic rings. The van der Waals surface area contributed by atoms with Gasteiger partial charge in [-0.3, -0.25) is 15.0 Å². The molecule has 20 heavy (non-hydrogen) atoms. The Labute approximate surface area is 117 Å². The highest BCUT2D eigenvalue weighted by Crippen LogP contribution is 2.08. The maximum atomic E-state index is 12.0. The summed E-state index contributed by atoms with van der Waals surface area (Å²) in [5.41, 5.74) is 2.88. The van der Waals surface area contributed by atoms with Crippen molar-refractivity contribution in [1.82, 2.24) is 24.8 Å². The molecular weight excluding hydrogens is 274 g/mol. The fourth-order valence-corrected chi connectivity index (χ4v) is 2.75. The summed E-state index contributed by atoms with van der Waals surface area (Å²) in [5.74, 6) is 0. The largest absolute Gasteiger partial charge is 0.359 e. The summed E-state index contributed by atoms with van der Waals surface area (Å²) >= 11 is 1.21. The first-order valence-electron chi connectivity index (χ1n) is 6.02. The predicted octanol–water partition coefficient (Wildman–Crippen LogP) is 0.0255. The lowest BCUT2D eigenvalue weighted by molar-refractivity contribution is 1.03. The molecule has 3 heterocycles. The van der Waals surface area contributed by atoms with E-state index in [0.29, 0.717) is 15.9 Å². The number of aromatic amines is 3. The van der Waals surface area contributed by atoms with Crippen LogP contribution in [-0.2, 0) is 0 Å². The van der Waals surface area contributed by atoms with E-state index in [-0.39, 0.29) is 5.56 Å². The fraction of sp³-hybridized carbons (Fsp3) is 0.154. The normalized spacial score (nSPS) is 14.0. The fourth-order valence-electron chi connectivity index (χ4n) is 2.13. The first kappa shape index (κ1) is 12.6. The Hall–Kier alpha value is -2.41. The minimum absolute atomic E-state index is 0.181. The van der Waals surface area contributed by atoms with E-state index in [4.69, 9.17) is 0 Å². The van der Waals surface area contributed by atoms with E-state index >= 15 is 0 Å². The molecule has 0 bridgehead atoms. The van der Waals surface area contributed by atoms with E-state index in [1.807, 2.05) is 26.0 Å². The van der Waals surface area contributed by atoms with Gasteiger partial charge < -0.3 is 4.98 Å². The second-order valence-electron chi connectivity index (χ2n) is 4.61. The zero-order valence-corrected chi connectivity index (χ0v) is 11.9. The standard InChI is InChI=1S/C13H13N5OS/c1-6-4-7(2)14-10(6)5-9-11(16-17-13(9)19)12-8(3)15-18-20-12/h4-5,14,16H,3H2,1-2H3,(H,17,19)/b9-5-,12-11+. The molecular formula is C13H13N5OS. The summed E-state index contributed by atoms with van der Waals surface area (Å²) < 4.78 is 4.61. The van der Waals surface area contributed by atoms with E-state index in [0.717, 1.165) is 21.5 Å². The van der Waals surface area contributed by atoms with Gasteiger partial charge in [-0.05, 0) is 43.1 Å². The molecule has 0 saturated carbocycles. The molecule has 3 rings (SSSR count). The van der Waals surface area contributed by atoms with Gasteiger partial charge in [0.1, 0.15) is 9.88 Å². The number of aryl methyl sites for hydroxylation is 2. The van der Waals surface area contributed by atoms with Gasteiger partial charge in [-0.2, -0.15) is 0 Å². The van der Waals surface area contributed by atoms with Crippen molar-refractivity contribution in [3.63, 3.8) is 0 Å². The third-order valence-corrected chi connectivity index (χ3v) is 3.86. The molecule has 0 aliphatic carbocycles. The molecule has 0 saturated heterocycles. The van der Waals surface area contributed by atoms with Crippen LogP contribution < -0.4 is 16.1 Å². The minimum atomic E-state index is -0.181. The average molecular weight is 287 g/mol. The zero-order valence-electron chi connectivity index (χ0n) is 11.1. The van der Waals surface area contributed by atoms with Crippen molar-refractivity contribution < 1.29 is 0 Å². The van der Waals surface area contributed by atoms with E-state index in [2.05, 4.69) is 31.3 Å². The molecule has 0 aliphatic rings. The first-order chi connectivity index (χ1) is 9.56. The smallest absolute Gasteiger partial charge is 0.271 e. The Kier molecular flexibility index (Phi) is 2.90. The molecule has 7 heteroatoms. The van der Waals surface area contributed by atoms with Crippen molar-refractivity contribution >= 4 is 24.2 Å². The van der Waals surface area contributed by atoms with Crippen LogP contribution in [0.2, 0.25) is 0 Å². The summed E-state index contributed by atoms with van der Waals surface area (Å²) in [7, 11) is 0. The predicted molar refractivity (Wildman–Crippen MR) is 77.6 cm³/mol. The van der Waals surface area contributed by atoms with Gasteiger partial charge >= 0.3 is 0 Å². The van der Waals surface area contributed by atoms with Gasteiger partial charge in [0.2, 0.25) is 0 Å². The molecule has 0 unspecified atom stereocenters. The summed E-state index contributed by atoms with van der Waals surface area (Å²) in [6.07, 6.45) is 1.83. The molecule has 6 nitrogen and oxygen atoms in total. The number of hydrogen-bond acceptors (Lipinski definition) is 4. The lowest BCUT2D eigenvalue weighted by Gasteiger charge is -1.88. The quantitative estimate of drug-likeness (QED) is 0.589. The third kappa shape index (κ3) is 2.01. The number of nitrogens with zero attached hydrogens (tertiary/aromatic N) is 2. The summed E-state index contributed by atoms with van der Waals surface area (Å²) in [6.45, 7) is 7.79. The van der Waals surface area contributed by atoms with Gasteiger partial charge in [0.25, 0.3) is 5.56 Å². The molecule has 0 aliphatic heterocycles. The van der Waals surface area contributed by atoms with E-state index in [1.54, 1.807) is 0 Å². The second kappa shape index (κ2) is 4.61. The maximum absolute atomic E-state index is 12.0. The van der Waals surface area contributed by atoms with Crippen molar-refractivity contribution in [2.45, 2.75) is 13.8 Å². The van der Waals surface area contributed by atoms with Crippen molar-refractivity contribution in [1.29, 1.82) is 0 Å². The van der Waals surface area contributed by atoms with Crippen LogP contribution in [0.4, 0.5) is 0 Å². The monoisotopic (exact) mass is 287 g/mol. The van der Waals surface area contributed by atoms with Crippen molar-refractivity contribution in [2.24, 2.45) is 0 Å². The van der Waals surface area contributed by atoms with Gasteiger partial charge in [-0.1, -0.05) is 11.1 Å². The lowest BCUT2D eigenvalue weighted by Crippen LogP contribution is -2.22. The molecule has 0 amide bonds. The Balaban J connectivity index is 2.47. The molecule has 0 spiro atoms. The Morgan fingerprint density at radius 2 is 2.15 bits per heavy atom. The lowest BCUT2D eigenvalue weighted by atomic mass is 10.2. The van der Waals surface area contributed by atoms with Crippen LogP contribution in [0.3, 0.4) is 0 Å². The van der Waals surface area contributed by atoms with E-state index < -0.39 is 0 Å². The van der Waals surface area contributed by atoms with Gasteiger partial charge in [-0.15, -0.1) is 5.10 Å². The average Bonchev–Trinajstić information content (AvgIpc) is 3.03. The van der Waals surface area contributed by atoms with Crippen LogP contribution in [0, 0.1) is 23.7 Å². The number of H-pyrrole nitrogens is 3. The molecule has 0 radical (unpaired) electrons. The molecule has 0 atom stereocenters. The highest BCUT2D eigenvalue weighted by molar-refractivity contribution is 7.03. The van der Waals surface area contributed by atoms with Crippen molar-refractivity contribution in [3.05, 3.63) is 53.8 Å². The van der Waals surface area contributed by atoms with Crippen LogP contribution in [0.15, 0.2) is 10.9 Å². The second-order valence-corrected chi connectivity index (χ2v) is 5.36. The minimum Gasteiger partial charge on any atom is -0.359 e. The molecule has 3 aromatic heterocycles. The van der Waals surface area contributed by atoms with Gasteiger partial charge in [-0.25, -0.2) is 0 Å². The Morgan fingerprint density at radius 3 is 2.75 bits per heavy atom. The molecule has 3 N–H and O–H groups in total. The Bertz CT molecular complexity index is 1020. The molecule has 0 fully saturated rings. The topological polar surface area (TPSA) is 90.2 Å².